The molecule has 0 aliphatic heterocycles. The molecule has 3 nitrogen and oxygen atoms in total. The van der Waals surface area contributed by atoms with Crippen LogP contribution < -0.4 is 5.73 Å². The predicted molar refractivity (Wildman–Crippen MR) is 67.1 cm³/mol. The summed E-state index contributed by atoms with van der Waals surface area (Å²) in [5, 5.41) is 4.48. The Hall–Kier alpha value is -1.77. The normalized spacial score (nSPS) is 10.6. The summed E-state index contributed by atoms with van der Waals surface area (Å²) < 4.78 is 2.00. The molecule has 3 heteroatoms. The van der Waals surface area contributed by atoms with Crippen LogP contribution >= 0.6 is 0 Å². The fourth-order valence-corrected chi connectivity index (χ4v) is 1.81. The fraction of sp³-hybridized carbons (Fsp3) is 0.308. The van der Waals surface area contributed by atoms with Gasteiger partial charge < -0.3 is 5.73 Å². The predicted octanol–water partition coefficient (Wildman–Crippen LogP) is 2.85. The summed E-state index contributed by atoms with van der Waals surface area (Å²) in [6.07, 6.45) is 3.20. The van der Waals surface area contributed by atoms with Gasteiger partial charge in [0, 0.05) is 24.0 Å². The Labute approximate surface area is 95.9 Å². The van der Waals surface area contributed by atoms with Crippen LogP contribution in [0.15, 0.2) is 30.5 Å². The van der Waals surface area contributed by atoms with Crippen molar-refractivity contribution in [3.63, 3.8) is 0 Å². The summed E-state index contributed by atoms with van der Waals surface area (Å²) in [5.41, 5.74) is 9.90. The Kier molecular flexibility index (Phi) is 2.95. The minimum absolute atomic E-state index is 0.794. The topological polar surface area (TPSA) is 43.8 Å². The molecule has 2 aromatic rings. The van der Waals surface area contributed by atoms with Gasteiger partial charge in [-0.05, 0) is 31.0 Å². The number of aromatic nitrogens is 2. The Morgan fingerprint density at radius 2 is 1.94 bits per heavy atom. The van der Waals surface area contributed by atoms with Gasteiger partial charge in [0.1, 0.15) is 0 Å². The second kappa shape index (κ2) is 4.39. The second-order valence-electron chi connectivity index (χ2n) is 4.01. The van der Waals surface area contributed by atoms with Gasteiger partial charge in [0.05, 0.1) is 5.69 Å². The van der Waals surface area contributed by atoms with Crippen molar-refractivity contribution in [2.24, 2.45) is 0 Å². The molecule has 0 amide bonds. The van der Waals surface area contributed by atoms with Gasteiger partial charge in [-0.3, -0.25) is 4.68 Å². The van der Waals surface area contributed by atoms with Crippen LogP contribution in [0.4, 0.5) is 5.69 Å². The minimum Gasteiger partial charge on any atom is -0.399 e. The first-order chi connectivity index (χ1) is 7.70. The van der Waals surface area contributed by atoms with Crippen LogP contribution in [-0.2, 0) is 6.54 Å². The lowest BCUT2D eigenvalue weighted by Gasteiger charge is -1.99. The maximum atomic E-state index is 5.67. The molecule has 2 N–H and O–H groups in total. The number of nitrogens with zero attached hydrogens (tertiary/aromatic N) is 2. The monoisotopic (exact) mass is 215 g/mol. The van der Waals surface area contributed by atoms with E-state index in [4.69, 9.17) is 5.73 Å². The molecule has 0 atom stereocenters. The molecule has 0 spiro atoms. The molecular formula is C13H17N3. The van der Waals surface area contributed by atoms with Gasteiger partial charge in [-0.15, -0.1) is 0 Å². The van der Waals surface area contributed by atoms with Crippen LogP contribution in [0.3, 0.4) is 0 Å². The van der Waals surface area contributed by atoms with Crippen molar-refractivity contribution >= 4 is 5.69 Å². The highest BCUT2D eigenvalue weighted by Gasteiger charge is 2.06. The highest BCUT2D eigenvalue weighted by molar-refractivity contribution is 5.66. The Balaban J connectivity index is 2.36. The SMILES string of the molecule is CCCn1cc(-c2ccc(N)cc2)c(C)n1. The van der Waals surface area contributed by atoms with E-state index in [2.05, 4.69) is 18.2 Å². The lowest BCUT2D eigenvalue weighted by atomic mass is 10.1. The van der Waals surface area contributed by atoms with Crippen molar-refractivity contribution < 1.29 is 0 Å². The maximum Gasteiger partial charge on any atom is 0.0672 e. The Morgan fingerprint density at radius 1 is 1.25 bits per heavy atom. The number of anilines is 1. The van der Waals surface area contributed by atoms with Crippen LogP contribution in [0.1, 0.15) is 19.0 Å². The van der Waals surface area contributed by atoms with E-state index in [1.165, 1.54) is 11.1 Å². The number of hydrogen-bond acceptors (Lipinski definition) is 2. The summed E-state index contributed by atoms with van der Waals surface area (Å²) in [4.78, 5) is 0. The Morgan fingerprint density at radius 3 is 2.56 bits per heavy atom. The fourth-order valence-electron chi connectivity index (χ4n) is 1.81. The largest absolute Gasteiger partial charge is 0.399 e. The number of rotatable bonds is 3. The standard InChI is InChI=1S/C13H17N3/c1-3-8-16-9-13(10(2)15-16)11-4-6-12(14)7-5-11/h4-7,9H,3,8,14H2,1-2H3. The highest BCUT2D eigenvalue weighted by Crippen LogP contribution is 2.23. The first kappa shape index (κ1) is 10.7. The van der Waals surface area contributed by atoms with Gasteiger partial charge in [0.15, 0.2) is 0 Å². The zero-order valence-electron chi connectivity index (χ0n) is 9.77. The van der Waals surface area contributed by atoms with Crippen molar-refractivity contribution in [1.29, 1.82) is 0 Å². The summed E-state index contributed by atoms with van der Waals surface area (Å²) in [5.74, 6) is 0. The molecule has 0 unspecified atom stereocenters. The third-order valence-corrected chi connectivity index (χ3v) is 2.62. The number of nitrogen functional groups attached to an aromatic ring is 1. The average molecular weight is 215 g/mol. The van der Waals surface area contributed by atoms with Crippen LogP contribution in [0.2, 0.25) is 0 Å². The number of benzene rings is 1. The van der Waals surface area contributed by atoms with E-state index in [1.54, 1.807) is 0 Å². The van der Waals surface area contributed by atoms with E-state index in [9.17, 15) is 0 Å². The lowest BCUT2D eigenvalue weighted by Crippen LogP contribution is -1.96. The molecule has 0 radical (unpaired) electrons. The number of nitrogens with two attached hydrogens (primary N) is 1. The average Bonchev–Trinajstić information content (AvgIpc) is 2.61. The molecule has 1 aromatic carbocycles. The summed E-state index contributed by atoms with van der Waals surface area (Å²) in [6.45, 7) is 5.16. The summed E-state index contributed by atoms with van der Waals surface area (Å²) >= 11 is 0. The molecule has 0 bridgehead atoms. The quantitative estimate of drug-likeness (QED) is 0.800. The zero-order valence-corrected chi connectivity index (χ0v) is 9.77. The van der Waals surface area contributed by atoms with Gasteiger partial charge in [0.2, 0.25) is 0 Å². The van der Waals surface area contributed by atoms with Gasteiger partial charge in [0.25, 0.3) is 0 Å². The van der Waals surface area contributed by atoms with E-state index >= 15 is 0 Å². The van der Waals surface area contributed by atoms with E-state index in [1.807, 2.05) is 35.9 Å². The van der Waals surface area contributed by atoms with Crippen LogP contribution in [0.5, 0.6) is 0 Å². The van der Waals surface area contributed by atoms with Gasteiger partial charge in [-0.1, -0.05) is 19.1 Å². The molecule has 0 saturated carbocycles. The Bertz CT molecular complexity index is 468. The van der Waals surface area contributed by atoms with Crippen molar-refractivity contribution in [2.45, 2.75) is 26.8 Å². The molecule has 0 fully saturated rings. The molecule has 1 aromatic heterocycles. The summed E-state index contributed by atoms with van der Waals surface area (Å²) in [7, 11) is 0. The molecule has 0 saturated heterocycles. The van der Waals surface area contributed by atoms with Crippen LogP contribution in [0, 0.1) is 6.92 Å². The third-order valence-electron chi connectivity index (χ3n) is 2.62. The maximum absolute atomic E-state index is 5.67. The first-order valence-electron chi connectivity index (χ1n) is 5.60. The van der Waals surface area contributed by atoms with Gasteiger partial charge >= 0.3 is 0 Å². The second-order valence-corrected chi connectivity index (χ2v) is 4.01. The van der Waals surface area contributed by atoms with Crippen LogP contribution in [0.25, 0.3) is 11.1 Å². The molecule has 2 rings (SSSR count). The van der Waals surface area contributed by atoms with Crippen LogP contribution in [-0.4, -0.2) is 9.78 Å². The molecule has 84 valence electrons. The first-order valence-corrected chi connectivity index (χ1v) is 5.60. The van der Waals surface area contributed by atoms with Crippen molar-refractivity contribution in [2.75, 3.05) is 5.73 Å². The van der Waals surface area contributed by atoms with E-state index in [0.29, 0.717) is 0 Å². The third kappa shape index (κ3) is 2.08. The zero-order chi connectivity index (χ0) is 11.5. The number of aryl methyl sites for hydroxylation is 2. The molecule has 1 heterocycles. The van der Waals surface area contributed by atoms with E-state index < -0.39 is 0 Å². The van der Waals surface area contributed by atoms with Gasteiger partial charge in [-0.25, -0.2) is 0 Å². The molecule has 0 aliphatic rings. The van der Waals surface area contributed by atoms with Crippen molar-refractivity contribution in [3.05, 3.63) is 36.2 Å². The van der Waals surface area contributed by atoms with E-state index in [0.717, 1.165) is 24.3 Å². The summed E-state index contributed by atoms with van der Waals surface area (Å²) in [6, 6.07) is 7.92. The number of hydrogen-bond donors (Lipinski definition) is 1. The van der Waals surface area contributed by atoms with Gasteiger partial charge in [-0.2, -0.15) is 5.10 Å². The molecule has 16 heavy (non-hydrogen) atoms. The molecular weight excluding hydrogens is 198 g/mol. The smallest absolute Gasteiger partial charge is 0.0672 e. The minimum atomic E-state index is 0.794. The van der Waals surface area contributed by atoms with E-state index in [-0.39, 0.29) is 0 Å². The highest BCUT2D eigenvalue weighted by atomic mass is 15.3. The molecule has 0 aliphatic carbocycles. The van der Waals surface area contributed by atoms with Crippen molar-refractivity contribution in [3.8, 4) is 11.1 Å². The lowest BCUT2D eigenvalue weighted by molar-refractivity contribution is 0.598. The van der Waals surface area contributed by atoms with Crippen molar-refractivity contribution in [1.82, 2.24) is 9.78 Å².